The molecule has 0 aromatic carbocycles. The van der Waals surface area contributed by atoms with E-state index in [2.05, 4.69) is 11.1 Å². The highest BCUT2D eigenvalue weighted by molar-refractivity contribution is 5.91. The van der Waals surface area contributed by atoms with Crippen LogP contribution in [0.5, 0.6) is 0 Å². The standard InChI is InChI=1S/C16H15N3O2/c17-8-3-10-19(13-14-4-1-9-18-12-14)16(20)7-6-15-5-2-11-21-15/h1-2,4-7,9,11-12H,3,10,13H2/b7-6+. The maximum absolute atomic E-state index is 12.2. The van der Waals surface area contributed by atoms with E-state index >= 15 is 0 Å². The number of hydrogen-bond acceptors (Lipinski definition) is 4. The van der Waals surface area contributed by atoms with Gasteiger partial charge in [0, 0.05) is 31.6 Å². The summed E-state index contributed by atoms with van der Waals surface area (Å²) in [6.45, 7) is 0.809. The average Bonchev–Trinajstić information content (AvgIpc) is 3.03. The molecule has 2 aromatic heterocycles. The first-order valence-electron chi connectivity index (χ1n) is 6.56. The lowest BCUT2D eigenvalue weighted by Crippen LogP contribution is -2.29. The zero-order chi connectivity index (χ0) is 14.9. The molecule has 0 radical (unpaired) electrons. The van der Waals surface area contributed by atoms with Crippen LogP contribution in [0, 0.1) is 11.3 Å². The van der Waals surface area contributed by atoms with E-state index in [0.717, 1.165) is 5.56 Å². The van der Waals surface area contributed by atoms with E-state index in [0.29, 0.717) is 25.3 Å². The molecule has 2 aromatic rings. The molecule has 0 fully saturated rings. The van der Waals surface area contributed by atoms with Gasteiger partial charge in [-0.1, -0.05) is 6.07 Å². The molecule has 0 atom stereocenters. The van der Waals surface area contributed by atoms with Crippen molar-refractivity contribution in [1.29, 1.82) is 5.26 Å². The largest absolute Gasteiger partial charge is 0.465 e. The molecule has 0 aliphatic rings. The summed E-state index contributed by atoms with van der Waals surface area (Å²) >= 11 is 0. The topological polar surface area (TPSA) is 70.1 Å². The summed E-state index contributed by atoms with van der Waals surface area (Å²) in [6, 6.07) is 9.30. The van der Waals surface area contributed by atoms with Crippen LogP contribution in [0.3, 0.4) is 0 Å². The van der Waals surface area contributed by atoms with Gasteiger partial charge in [0.15, 0.2) is 0 Å². The Morgan fingerprint density at radius 3 is 3.00 bits per heavy atom. The minimum atomic E-state index is -0.162. The normalized spacial score (nSPS) is 10.4. The summed E-state index contributed by atoms with van der Waals surface area (Å²) in [7, 11) is 0. The van der Waals surface area contributed by atoms with Crippen LogP contribution < -0.4 is 0 Å². The van der Waals surface area contributed by atoms with Gasteiger partial charge >= 0.3 is 0 Å². The van der Waals surface area contributed by atoms with Crippen molar-refractivity contribution >= 4 is 12.0 Å². The number of carbonyl (C=O) groups excluding carboxylic acids is 1. The molecule has 21 heavy (non-hydrogen) atoms. The van der Waals surface area contributed by atoms with E-state index in [1.807, 2.05) is 12.1 Å². The van der Waals surface area contributed by atoms with Gasteiger partial charge < -0.3 is 9.32 Å². The van der Waals surface area contributed by atoms with Crippen molar-refractivity contribution < 1.29 is 9.21 Å². The van der Waals surface area contributed by atoms with E-state index in [1.165, 1.54) is 6.08 Å². The SMILES string of the molecule is N#CCCN(Cc1cccnc1)C(=O)/C=C/c1ccco1. The number of pyridine rings is 1. The third-order valence-corrected chi connectivity index (χ3v) is 2.83. The number of amides is 1. The molecule has 0 N–H and O–H groups in total. The average molecular weight is 281 g/mol. The zero-order valence-electron chi connectivity index (χ0n) is 11.5. The fraction of sp³-hybridized carbons (Fsp3) is 0.188. The highest BCUT2D eigenvalue weighted by Gasteiger charge is 2.11. The lowest BCUT2D eigenvalue weighted by Gasteiger charge is -2.19. The maximum atomic E-state index is 12.2. The van der Waals surface area contributed by atoms with Gasteiger partial charge in [0.05, 0.1) is 18.8 Å². The van der Waals surface area contributed by atoms with Gasteiger partial charge in [-0.05, 0) is 29.8 Å². The van der Waals surface area contributed by atoms with Crippen LogP contribution in [0.25, 0.3) is 6.08 Å². The van der Waals surface area contributed by atoms with Gasteiger partial charge in [0.1, 0.15) is 5.76 Å². The minimum absolute atomic E-state index is 0.162. The predicted octanol–water partition coefficient (Wildman–Crippen LogP) is 2.63. The fourth-order valence-electron chi connectivity index (χ4n) is 1.81. The van der Waals surface area contributed by atoms with Crippen molar-refractivity contribution in [2.24, 2.45) is 0 Å². The molecule has 0 saturated carbocycles. The van der Waals surface area contributed by atoms with E-state index in [9.17, 15) is 4.79 Å². The zero-order valence-corrected chi connectivity index (χ0v) is 11.5. The van der Waals surface area contributed by atoms with Gasteiger partial charge in [0.25, 0.3) is 0 Å². The van der Waals surface area contributed by atoms with E-state index in [1.54, 1.807) is 41.8 Å². The second-order valence-corrected chi connectivity index (χ2v) is 4.38. The molecule has 5 heteroatoms. The molecule has 0 unspecified atom stereocenters. The van der Waals surface area contributed by atoms with E-state index < -0.39 is 0 Å². The Kier molecular flexibility index (Phi) is 5.30. The molecule has 0 bridgehead atoms. The number of aromatic nitrogens is 1. The van der Waals surface area contributed by atoms with Gasteiger partial charge in [0.2, 0.25) is 5.91 Å². The van der Waals surface area contributed by atoms with Gasteiger partial charge in [-0.2, -0.15) is 5.26 Å². The Labute approximate surface area is 123 Å². The van der Waals surface area contributed by atoms with Crippen LogP contribution in [0.4, 0.5) is 0 Å². The molecule has 1 amide bonds. The second-order valence-electron chi connectivity index (χ2n) is 4.38. The van der Waals surface area contributed by atoms with Crippen LogP contribution in [0.15, 0.2) is 53.4 Å². The monoisotopic (exact) mass is 281 g/mol. The molecule has 0 aliphatic carbocycles. The highest BCUT2D eigenvalue weighted by atomic mass is 16.3. The first-order chi connectivity index (χ1) is 10.3. The highest BCUT2D eigenvalue weighted by Crippen LogP contribution is 2.07. The van der Waals surface area contributed by atoms with Crippen molar-refractivity contribution in [3.63, 3.8) is 0 Å². The number of furan rings is 1. The van der Waals surface area contributed by atoms with Crippen LogP contribution in [0.2, 0.25) is 0 Å². The Bertz CT molecular complexity index is 627. The lowest BCUT2D eigenvalue weighted by atomic mass is 10.2. The number of rotatable bonds is 6. The summed E-state index contributed by atoms with van der Waals surface area (Å²) in [5.74, 6) is 0.454. The minimum Gasteiger partial charge on any atom is -0.465 e. The quantitative estimate of drug-likeness (QED) is 0.763. The van der Waals surface area contributed by atoms with Crippen LogP contribution in [-0.4, -0.2) is 22.3 Å². The third kappa shape index (κ3) is 4.62. The van der Waals surface area contributed by atoms with Gasteiger partial charge in [-0.15, -0.1) is 0 Å². The number of carbonyl (C=O) groups is 1. The fourth-order valence-corrected chi connectivity index (χ4v) is 1.81. The van der Waals surface area contributed by atoms with Crippen LogP contribution in [0.1, 0.15) is 17.7 Å². The van der Waals surface area contributed by atoms with Crippen molar-refractivity contribution in [3.05, 3.63) is 60.3 Å². The molecule has 0 aliphatic heterocycles. The molecular formula is C16H15N3O2. The summed E-state index contributed by atoms with van der Waals surface area (Å²) < 4.78 is 5.14. The Morgan fingerprint density at radius 1 is 1.43 bits per heavy atom. The molecule has 2 rings (SSSR count). The number of nitrogens with zero attached hydrogens (tertiary/aromatic N) is 3. The molecule has 0 saturated heterocycles. The molecule has 0 spiro atoms. The van der Waals surface area contributed by atoms with Gasteiger partial charge in [-0.3, -0.25) is 9.78 Å². The second kappa shape index (κ2) is 7.65. The smallest absolute Gasteiger partial charge is 0.247 e. The summed E-state index contributed by atoms with van der Waals surface area (Å²) in [5.41, 5.74) is 0.926. The van der Waals surface area contributed by atoms with Crippen molar-refractivity contribution in [1.82, 2.24) is 9.88 Å². The Morgan fingerprint density at radius 2 is 2.33 bits per heavy atom. The molecule has 106 valence electrons. The predicted molar refractivity (Wildman–Crippen MR) is 77.6 cm³/mol. The first kappa shape index (κ1) is 14.5. The molecule has 5 nitrogen and oxygen atoms in total. The van der Waals surface area contributed by atoms with Crippen molar-refractivity contribution in [2.75, 3.05) is 6.54 Å². The van der Waals surface area contributed by atoms with Crippen LogP contribution in [-0.2, 0) is 11.3 Å². The lowest BCUT2D eigenvalue weighted by molar-refractivity contribution is -0.126. The van der Waals surface area contributed by atoms with E-state index in [-0.39, 0.29) is 5.91 Å². The molecular weight excluding hydrogens is 266 g/mol. The summed E-state index contributed by atoms with van der Waals surface area (Å²) in [5, 5.41) is 8.71. The summed E-state index contributed by atoms with van der Waals surface area (Å²) in [6.07, 6.45) is 8.30. The Balaban J connectivity index is 2.04. The third-order valence-electron chi connectivity index (χ3n) is 2.83. The number of hydrogen-bond donors (Lipinski definition) is 0. The maximum Gasteiger partial charge on any atom is 0.247 e. The van der Waals surface area contributed by atoms with Crippen molar-refractivity contribution in [3.8, 4) is 6.07 Å². The molecule has 2 heterocycles. The Hall–Kier alpha value is -2.87. The van der Waals surface area contributed by atoms with Gasteiger partial charge in [-0.25, -0.2) is 0 Å². The van der Waals surface area contributed by atoms with Crippen LogP contribution >= 0.6 is 0 Å². The van der Waals surface area contributed by atoms with E-state index in [4.69, 9.17) is 9.68 Å². The first-order valence-corrected chi connectivity index (χ1v) is 6.56. The number of nitriles is 1. The van der Waals surface area contributed by atoms with Crippen molar-refractivity contribution in [2.45, 2.75) is 13.0 Å². The summed E-state index contributed by atoms with van der Waals surface area (Å²) in [4.78, 5) is 17.9.